The molecular formula is C15H15ClN4O3. The van der Waals surface area contributed by atoms with Gasteiger partial charge in [-0.3, -0.25) is 14.3 Å². The number of nitrogens with one attached hydrogen (secondary N) is 2. The Morgan fingerprint density at radius 3 is 3.00 bits per heavy atom. The molecule has 2 heterocycles. The second-order valence-corrected chi connectivity index (χ2v) is 5.87. The number of anilines is 1. The number of benzene rings is 1. The predicted octanol–water partition coefficient (Wildman–Crippen LogP) is 1.48. The smallest absolute Gasteiger partial charge is 0.278 e. The fraction of sp³-hybridized carbons (Fsp3) is 0.267. The van der Waals surface area contributed by atoms with Crippen LogP contribution in [-0.4, -0.2) is 27.2 Å². The number of carbonyl (C=O) groups is 2. The van der Waals surface area contributed by atoms with Gasteiger partial charge in [-0.05, 0) is 25.1 Å². The molecule has 2 amide bonds. The van der Waals surface area contributed by atoms with Gasteiger partial charge in [-0.2, -0.15) is 5.10 Å². The van der Waals surface area contributed by atoms with Crippen LogP contribution in [0.2, 0.25) is 5.02 Å². The van der Waals surface area contributed by atoms with Crippen molar-refractivity contribution in [2.24, 2.45) is 7.05 Å². The van der Waals surface area contributed by atoms with Crippen LogP contribution in [0.25, 0.3) is 0 Å². The average molecular weight is 335 g/mol. The second kappa shape index (κ2) is 5.58. The summed E-state index contributed by atoms with van der Waals surface area (Å²) in [5.41, 5.74) is -0.379. The fourth-order valence-corrected chi connectivity index (χ4v) is 2.43. The van der Waals surface area contributed by atoms with Crippen LogP contribution in [-0.2, 0) is 23.2 Å². The maximum absolute atomic E-state index is 12.4. The molecule has 120 valence electrons. The highest BCUT2D eigenvalue weighted by Crippen LogP contribution is 2.35. The lowest BCUT2D eigenvalue weighted by Crippen LogP contribution is -2.58. The summed E-state index contributed by atoms with van der Waals surface area (Å²) in [6.45, 7) is 1.69. The highest BCUT2D eigenvalue weighted by molar-refractivity contribution is 6.31. The molecule has 23 heavy (non-hydrogen) atoms. The Hall–Kier alpha value is -2.54. The number of hydrogen-bond acceptors (Lipinski definition) is 4. The summed E-state index contributed by atoms with van der Waals surface area (Å²) in [5, 5.41) is 9.83. The van der Waals surface area contributed by atoms with Crippen LogP contribution in [0, 0.1) is 0 Å². The van der Waals surface area contributed by atoms with Gasteiger partial charge in [0.1, 0.15) is 5.75 Å². The van der Waals surface area contributed by atoms with Gasteiger partial charge in [0.2, 0.25) is 0 Å². The van der Waals surface area contributed by atoms with Crippen molar-refractivity contribution in [3.05, 3.63) is 41.2 Å². The van der Waals surface area contributed by atoms with E-state index in [9.17, 15) is 9.59 Å². The van der Waals surface area contributed by atoms with E-state index in [0.717, 1.165) is 5.56 Å². The topological polar surface area (TPSA) is 85.3 Å². The van der Waals surface area contributed by atoms with Crippen LogP contribution < -0.4 is 15.4 Å². The number of hydrogen-bond donors (Lipinski definition) is 2. The molecule has 0 fully saturated rings. The van der Waals surface area contributed by atoms with Gasteiger partial charge >= 0.3 is 0 Å². The first kappa shape index (κ1) is 15.4. The molecule has 0 saturated heterocycles. The minimum absolute atomic E-state index is 0.256. The van der Waals surface area contributed by atoms with Crippen LogP contribution >= 0.6 is 11.6 Å². The molecule has 0 radical (unpaired) electrons. The maximum Gasteiger partial charge on any atom is 0.278 e. The first-order chi connectivity index (χ1) is 10.9. The van der Waals surface area contributed by atoms with Gasteiger partial charge in [-0.1, -0.05) is 11.6 Å². The lowest BCUT2D eigenvalue weighted by Gasteiger charge is -2.33. The van der Waals surface area contributed by atoms with Gasteiger partial charge in [0.05, 0.1) is 11.9 Å². The van der Waals surface area contributed by atoms with E-state index in [2.05, 4.69) is 15.7 Å². The molecule has 1 atom stereocenters. The van der Waals surface area contributed by atoms with Gasteiger partial charge in [-0.15, -0.1) is 0 Å². The van der Waals surface area contributed by atoms with E-state index in [1.54, 1.807) is 42.3 Å². The number of aromatic nitrogens is 2. The van der Waals surface area contributed by atoms with Crippen LogP contribution in [0.5, 0.6) is 5.75 Å². The molecule has 1 aromatic heterocycles. The standard InChI is InChI=1S/C15H15ClN4O3/c1-15(13(21)17-6-9-7-18-20(2)8-9)14(22)19-11-5-10(16)3-4-12(11)23-15/h3-5,7-8H,6H2,1-2H3,(H,17,21)(H,19,22)/t15-/m1/s1. The number of ether oxygens (including phenoxy) is 1. The number of halogens is 1. The summed E-state index contributed by atoms with van der Waals surface area (Å²) >= 11 is 5.88. The van der Waals surface area contributed by atoms with Crippen molar-refractivity contribution in [3.8, 4) is 5.75 Å². The summed E-state index contributed by atoms with van der Waals surface area (Å²) in [7, 11) is 1.78. The van der Waals surface area contributed by atoms with Crippen molar-refractivity contribution in [2.75, 3.05) is 5.32 Å². The van der Waals surface area contributed by atoms with E-state index in [4.69, 9.17) is 16.3 Å². The highest BCUT2D eigenvalue weighted by atomic mass is 35.5. The SMILES string of the molecule is Cn1cc(CNC(=O)[C@@]2(C)Oc3ccc(Cl)cc3NC2=O)cn1. The highest BCUT2D eigenvalue weighted by Gasteiger charge is 2.47. The number of rotatable bonds is 3. The zero-order valence-corrected chi connectivity index (χ0v) is 13.3. The van der Waals surface area contributed by atoms with Crippen molar-refractivity contribution in [1.82, 2.24) is 15.1 Å². The fourth-order valence-electron chi connectivity index (χ4n) is 2.26. The van der Waals surface area contributed by atoms with E-state index < -0.39 is 17.4 Å². The third-order valence-electron chi connectivity index (χ3n) is 3.58. The lowest BCUT2D eigenvalue weighted by atomic mass is 10.0. The Bertz CT molecular complexity index is 789. The lowest BCUT2D eigenvalue weighted by molar-refractivity contribution is -0.146. The molecule has 3 rings (SSSR count). The first-order valence-corrected chi connectivity index (χ1v) is 7.32. The quantitative estimate of drug-likeness (QED) is 0.833. The molecule has 1 aliphatic heterocycles. The van der Waals surface area contributed by atoms with Crippen LogP contribution in [0.15, 0.2) is 30.6 Å². The normalized spacial score (nSPS) is 19.5. The Morgan fingerprint density at radius 1 is 1.52 bits per heavy atom. The molecule has 0 saturated carbocycles. The molecule has 1 aliphatic rings. The molecule has 0 bridgehead atoms. The van der Waals surface area contributed by atoms with Gasteiger partial charge in [0.25, 0.3) is 17.4 Å². The summed E-state index contributed by atoms with van der Waals surface area (Å²) in [4.78, 5) is 24.7. The zero-order chi connectivity index (χ0) is 16.6. The van der Waals surface area contributed by atoms with Crippen molar-refractivity contribution in [3.63, 3.8) is 0 Å². The number of amides is 2. The Balaban J connectivity index is 1.76. The van der Waals surface area contributed by atoms with E-state index in [1.165, 1.54) is 6.92 Å². The summed E-state index contributed by atoms with van der Waals surface area (Å²) < 4.78 is 7.27. The van der Waals surface area contributed by atoms with E-state index in [1.807, 2.05) is 0 Å². The van der Waals surface area contributed by atoms with Crippen molar-refractivity contribution < 1.29 is 14.3 Å². The summed E-state index contributed by atoms with van der Waals surface area (Å²) in [6.07, 6.45) is 3.42. The van der Waals surface area contributed by atoms with Crippen LogP contribution in [0.3, 0.4) is 0 Å². The Morgan fingerprint density at radius 2 is 2.30 bits per heavy atom. The van der Waals surface area contributed by atoms with Crippen molar-refractivity contribution >= 4 is 29.1 Å². The summed E-state index contributed by atoms with van der Waals surface area (Å²) in [6, 6.07) is 4.82. The monoisotopic (exact) mass is 334 g/mol. The molecule has 0 unspecified atom stereocenters. The van der Waals surface area contributed by atoms with Gasteiger partial charge < -0.3 is 15.4 Å². The Labute approximate surface area is 137 Å². The molecule has 0 aliphatic carbocycles. The van der Waals surface area contributed by atoms with Crippen molar-refractivity contribution in [1.29, 1.82) is 0 Å². The number of nitrogens with zero attached hydrogens (tertiary/aromatic N) is 2. The van der Waals surface area contributed by atoms with E-state index >= 15 is 0 Å². The predicted molar refractivity (Wildman–Crippen MR) is 84.2 cm³/mol. The molecule has 8 heteroatoms. The van der Waals surface area contributed by atoms with Gasteiger partial charge in [0.15, 0.2) is 0 Å². The van der Waals surface area contributed by atoms with Gasteiger partial charge in [0, 0.05) is 30.4 Å². The first-order valence-electron chi connectivity index (χ1n) is 6.94. The molecule has 2 N–H and O–H groups in total. The largest absolute Gasteiger partial charge is 0.466 e. The van der Waals surface area contributed by atoms with Crippen molar-refractivity contribution in [2.45, 2.75) is 19.1 Å². The van der Waals surface area contributed by atoms with Crippen LogP contribution in [0.1, 0.15) is 12.5 Å². The minimum atomic E-state index is -1.65. The minimum Gasteiger partial charge on any atom is -0.466 e. The van der Waals surface area contributed by atoms with Gasteiger partial charge in [-0.25, -0.2) is 0 Å². The van der Waals surface area contributed by atoms with E-state index in [0.29, 0.717) is 16.5 Å². The maximum atomic E-state index is 12.4. The van der Waals surface area contributed by atoms with Crippen LogP contribution in [0.4, 0.5) is 5.69 Å². The second-order valence-electron chi connectivity index (χ2n) is 5.43. The molecule has 2 aromatic rings. The third-order valence-corrected chi connectivity index (χ3v) is 3.82. The molecule has 0 spiro atoms. The number of fused-ring (bicyclic) bond motifs is 1. The van der Waals surface area contributed by atoms with E-state index in [-0.39, 0.29) is 6.54 Å². The average Bonchev–Trinajstić information content (AvgIpc) is 2.92. The zero-order valence-electron chi connectivity index (χ0n) is 12.6. The molecule has 7 nitrogen and oxygen atoms in total. The summed E-state index contributed by atoms with van der Waals surface area (Å²) in [5.74, 6) is -0.677. The number of aryl methyl sites for hydroxylation is 1. The number of carbonyl (C=O) groups excluding carboxylic acids is 2. The third kappa shape index (κ3) is 2.87. The Kier molecular flexibility index (Phi) is 3.73. The molecular weight excluding hydrogens is 320 g/mol. The molecule has 1 aromatic carbocycles.